The third-order valence-electron chi connectivity index (χ3n) is 3.98. The minimum absolute atomic E-state index is 0.0660. The minimum atomic E-state index is -0.589. The molecule has 0 radical (unpaired) electrons. The van der Waals surface area contributed by atoms with Gasteiger partial charge in [0.2, 0.25) is 0 Å². The van der Waals surface area contributed by atoms with E-state index >= 15 is 0 Å². The first-order chi connectivity index (χ1) is 11.1. The summed E-state index contributed by atoms with van der Waals surface area (Å²) in [5, 5.41) is 0. The van der Waals surface area contributed by atoms with Crippen LogP contribution in [0.2, 0.25) is 0 Å². The number of hydrogen-bond acceptors (Lipinski definition) is 7. The van der Waals surface area contributed by atoms with Gasteiger partial charge in [0.15, 0.2) is 16.4 Å². The number of benzene rings is 1. The fourth-order valence-corrected chi connectivity index (χ4v) is 5.18. The SMILES string of the molecule is CO[C@@H]1O[C@H](CSc2nc3ccccc3s2)C2OC(C)(C)OC21. The van der Waals surface area contributed by atoms with Gasteiger partial charge >= 0.3 is 0 Å². The Hall–Kier alpha value is -0.700. The molecule has 4 atom stereocenters. The first kappa shape index (κ1) is 15.8. The van der Waals surface area contributed by atoms with Crippen molar-refractivity contribution in [3.63, 3.8) is 0 Å². The lowest BCUT2D eigenvalue weighted by Gasteiger charge is -2.23. The number of thiazole rings is 1. The maximum Gasteiger partial charge on any atom is 0.186 e. The molecule has 2 aromatic rings. The van der Waals surface area contributed by atoms with Crippen molar-refractivity contribution in [2.24, 2.45) is 0 Å². The van der Waals surface area contributed by atoms with Gasteiger partial charge in [0.25, 0.3) is 0 Å². The first-order valence-electron chi connectivity index (χ1n) is 7.58. The van der Waals surface area contributed by atoms with Crippen LogP contribution < -0.4 is 0 Å². The lowest BCUT2D eigenvalue weighted by atomic mass is 10.2. The highest BCUT2D eigenvalue weighted by Crippen LogP contribution is 2.41. The molecule has 0 aliphatic carbocycles. The number of nitrogens with zero attached hydrogens (tertiary/aromatic N) is 1. The van der Waals surface area contributed by atoms with Gasteiger partial charge in [-0.25, -0.2) is 4.98 Å². The van der Waals surface area contributed by atoms with Gasteiger partial charge in [-0.3, -0.25) is 0 Å². The van der Waals surface area contributed by atoms with Gasteiger partial charge in [-0.1, -0.05) is 23.9 Å². The second kappa shape index (κ2) is 5.98. The molecule has 2 saturated heterocycles. The molecule has 0 bridgehead atoms. The molecule has 5 nitrogen and oxygen atoms in total. The van der Waals surface area contributed by atoms with Crippen molar-refractivity contribution >= 4 is 33.3 Å². The molecule has 7 heteroatoms. The van der Waals surface area contributed by atoms with Crippen LogP contribution >= 0.6 is 23.1 Å². The van der Waals surface area contributed by atoms with Crippen molar-refractivity contribution in [1.82, 2.24) is 4.98 Å². The Kier molecular flexibility index (Phi) is 4.11. The fourth-order valence-electron chi connectivity index (χ4n) is 3.03. The van der Waals surface area contributed by atoms with Gasteiger partial charge in [0.05, 0.1) is 16.3 Å². The lowest BCUT2D eigenvalue weighted by molar-refractivity contribution is -0.224. The summed E-state index contributed by atoms with van der Waals surface area (Å²) in [4.78, 5) is 4.65. The van der Waals surface area contributed by atoms with Gasteiger partial charge in [-0.15, -0.1) is 11.3 Å². The zero-order valence-electron chi connectivity index (χ0n) is 13.2. The maximum absolute atomic E-state index is 6.01. The van der Waals surface area contributed by atoms with Crippen LogP contribution in [0.25, 0.3) is 10.2 Å². The van der Waals surface area contributed by atoms with Gasteiger partial charge < -0.3 is 18.9 Å². The van der Waals surface area contributed by atoms with Crippen molar-refractivity contribution in [3.05, 3.63) is 24.3 Å². The molecule has 0 spiro atoms. The third-order valence-corrected chi connectivity index (χ3v) is 6.25. The Balaban J connectivity index is 1.46. The minimum Gasteiger partial charge on any atom is -0.353 e. The standard InChI is InChI=1S/C16H19NO4S2/c1-16(2)20-12-10(19-14(18-3)13(12)21-16)8-22-15-17-9-6-4-5-7-11(9)23-15/h4-7,10,12-14H,8H2,1-3H3/t10-,12?,13?,14-/m1/s1. The van der Waals surface area contributed by atoms with Crippen LogP contribution in [0.15, 0.2) is 28.6 Å². The summed E-state index contributed by atoms with van der Waals surface area (Å²) in [6.07, 6.45) is -0.709. The molecule has 23 heavy (non-hydrogen) atoms. The Morgan fingerprint density at radius 3 is 2.83 bits per heavy atom. The van der Waals surface area contributed by atoms with Crippen molar-refractivity contribution in [1.29, 1.82) is 0 Å². The summed E-state index contributed by atoms with van der Waals surface area (Å²) in [5.41, 5.74) is 1.04. The van der Waals surface area contributed by atoms with Crippen molar-refractivity contribution < 1.29 is 18.9 Å². The van der Waals surface area contributed by atoms with Crippen LogP contribution in [0.3, 0.4) is 0 Å². The predicted molar refractivity (Wildman–Crippen MR) is 89.8 cm³/mol. The number of methoxy groups -OCH3 is 1. The molecule has 2 unspecified atom stereocenters. The van der Waals surface area contributed by atoms with E-state index in [9.17, 15) is 0 Å². The first-order valence-corrected chi connectivity index (χ1v) is 9.38. The molecular formula is C16H19NO4S2. The van der Waals surface area contributed by atoms with Gasteiger partial charge in [-0.2, -0.15) is 0 Å². The van der Waals surface area contributed by atoms with Gasteiger partial charge in [-0.05, 0) is 26.0 Å². The molecule has 2 fully saturated rings. The predicted octanol–water partition coefficient (Wildman–Crippen LogP) is 3.28. The Labute approximate surface area is 143 Å². The van der Waals surface area contributed by atoms with Crippen LogP contribution in [0, 0.1) is 0 Å². The molecule has 2 aliphatic heterocycles. The number of fused-ring (bicyclic) bond motifs is 2. The smallest absolute Gasteiger partial charge is 0.186 e. The van der Waals surface area contributed by atoms with E-state index in [4.69, 9.17) is 18.9 Å². The summed E-state index contributed by atoms with van der Waals surface area (Å²) in [6, 6.07) is 8.18. The van der Waals surface area contributed by atoms with E-state index in [0.29, 0.717) is 0 Å². The van der Waals surface area contributed by atoms with Crippen LogP contribution in [-0.2, 0) is 18.9 Å². The van der Waals surface area contributed by atoms with Gasteiger partial charge in [0, 0.05) is 12.9 Å². The highest BCUT2D eigenvalue weighted by Gasteiger charge is 2.55. The van der Waals surface area contributed by atoms with E-state index in [1.54, 1.807) is 30.2 Å². The second-order valence-electron chi connectivity index (χ2n) is 6.10. The van der Waals surface area contributed by atoms with E-state index < -0.39 is 5.79 Å². The number of rotatable bonds is 4. The summed E-state index contributed by atoms with van der Waals surface area (Å²) in [7, 11) is 1.64. The highest BCUT2D eigenvalue weighted by molar-refractivity contribution is 8.01. The fraction of sp³-hybridized carbons (Fsp3) is 0.562. The quantitative estimate of drug-likeness (QED) is 0.786. The molecule has 4 rings (SSSR count). The molecular weight excluding hydrogens is 334 g/mol. The van der Waals surface area contributed by atoms with E-state index in [0.717, 1.165) is 15.6 Å². The summed E-state index contributed by atoms with van der Waals surface area (Å²) >= 11 is 3.40. The van der Waals surface area contributed by atoms with Gasteiger partial charge in [0.1, 0.15) is 12.2 Å². The molecule has 2 aliphatic rings. The second-order valence-corrected chi connectivity index (χ2v) is 8.40. The zero-order chi connectivity index (χ0) is 16.0. The average Bonchev–Trinajstić information content (AvgIpc) is 3.15. The molecule has 124 valence electrons. The van der Waals surface area contributed by atoms with Crippen molar-refractivity contribution in [2.45, 2.75) is 48.6 Å². The largest absolute Gasteiger partial charge is 0.353 e. The Bertz CT molecular complexity index is 671. The summed E-state index contributed by atoms with van der Waals surface area (Å²) < 4.78 is 25.5. The van der Waals surface area contributed by atoms with E-state index in [1.807, 2.05) is 32.0 Å². The molecule has 1 aromatic heterocycles. The van der Waals surface area contributed by atoms with Crippen molar-refractivity contribution in [2.75, 3.05) is 12.9 Å². The molecule has 0 amide bonds. The normalized spacial score (nSPS) is 32.5. The van der Waals surface area contributed by atoms with E-state index in [2.05, 4.69) is 11.1 Å². The molecule has 0 N–H and O–H groups in total. The average molecular weight is 353 g/mol. The van der Waals surface area contributed by atoms with Crippen LogP contribution in [0.5, 0.6) is 0 Å². The van der Waals surface area contributed by atoms with E-state index in [-0.39, 0.29) is 24.6 Å². The Morgan fingerprint density at radius 1 is 1.26 bits per heavy atom. The summed E-state index contributed by atoms with van der Waals surface area (Å²) in [6.45, 7) is 3.85. The number of hydrogen-bond donors (Lipinski definition) is 0. The number of para-hydroxylation sites is 1. The molecule has 1 aromatic carbocycles. The van der Waals surface area contributed by atoms with Crippen LogP contribution in [0.1, 0.15) is 13.8 Å². The maximum atomic E-state index is 6.01. The molecule has 3 heterocycles. The topological polar surface area (TPSA) is 49.8 Å². The lowest BCUT2D eigenvalue weighted by Crippen LogP contribution is -2.31. The summed E-state index contributed by atoms with van der Waals surface area (Å²) in [5.74, 6) is 0.176. The van der Waals surface area contributed by atoms with Crippen LogP contribution in [0.4, 0.5) is 0 Å². The van der Waals surface area contributed by atoms with Crippen molar-refractivity contribution in [3.8, 4) is 0 Å². The zero-order valence-corrected chi connectivity index (χ0v) is 14.9. The molecule has 0 saturated carbocycles. The van der Waals surface area contributed by atoms with Crippen LogP contribution in [-0.4, -0.2) is 48.2 Å². The monoisotopic (exact) mass is 353 g/mol. The third kappa shape index (κ3) is 3.01. The Morgan fingerprint density at radius 2 is 2.04 bits per heavy atom. The number of ether oxygens (including phenoxy) is 4. The van der Waals surface area contributed by atoms with E-state index in [1.165, 1.54) is 4.70 Å². The number of aromatic nitrogens is 1. The number of thioether (sulfide) groups is 1. The highest BCUT2D eigenvalue weighted by atomic mass is 32.2.